The zero-order valence-corrected chi connectivity index (χ0v) is 29.8. The number of nitrogens with zero attached hydrogens (tertiary/aromatic N) is 3. The van der Waals surface area contributed by atoms with E-state index in [4.69, 9.17) is 4.11 Å². The number of aromatic nitrogens is 3. The van der Waals surface area contributed by atoms with Gasteiger partial charge < -0.3 is 4.98 Å². The molecule has 0 saturated heterocycles. The summed E-state index contributed by atoms with van der Waals surface area (Å²) in [5.74, 6) is 6.81. The van der Waals surface area contributed by atoms with Crippen LogP contribution in [0.2, 0.25) is 17.3 Å². The first kappa shape index (κ1) is 28.0. The van der Waals surface area contributed by atoms with E-state index in [1.54, 1.807) is 18.2 Å². The van der Waals surface area contributed by atoms with Crippen molar-refractivity contribution in [2.24, 2.45) is 0 Å². The molecule has 0 unspecified atom stereocenters. The molecule has 0 atom stereocenters. The normalized spacial score (nSPS) is 13.0. The number of thiophene rings is 1. The maximum Gasteiger partial charge on any atom is 0 e. The van der Waals surface area contributed by atoms with Crippen molar-refractivity contribution in [3.8, 4) is 22.5 Å². The molecule has 0 aliphatic carbocycles. The predicted octanol–water partition coefficient (Wildman–Crippen LogP) is 9.15. The molecule has 42 heavy (non-hydrogen) atoms. The molecule has 0 spiro atoms. The molecular formula is C35H34FGeIrN3S-2. The Morgan fingerprint density at radius 2 is 1.67 bits per heavy atom. The Morgan fingerprint density at radius 3 is 2.31 bits per heavy atom. The van der Waals surface area contributed by atoms with Crippen LogP contribution in [0.1, 0.15) is 36.1 Å². The minimum absolute atomic E-state index is 0. The fraction of sp³-hybridized carbons (Fsp3) is 0.229. The molecule has 0 saturated carbocycles. The summed E-state index contributed by atoms with van der Waals surface area (Å²) < 4.78 is 39.4. The van der Waals surface area contributed by atoms with Crippen LogP contribution in [0.3, 0.4) is 0 Å². The summed E-state index contributed by atoms with van der Waals surface area (Å²) in [5, 5.41) is 1.85. The number of fused-ring (bicyclic) bond motifs is 3. The van der Waals surface area contributed by atoms with Crippen molar-refractivity contribution in [3.63, 3.8) is 0 Å². The second-order valence-electron chi connectivity index (χ2n) is 12.0. The SMILES string of the molecule is [2H]C([2H])([2H])c1ccc2c(n1)sc1c(-c3cc(C(C)(C)C)c(F)cn3)[c-]ccc12.[CH3][Ge]([CH3])([CH3])[c]1ccc(-c2[c-]cccc2)nc1.[Ir]. The van der Waals surface area contributed by atoms with E-state index in [1.165, 1.54) is 21.9 Å². The molecule has 4 aromatic heterocycles. The fourth-order valence-electron chi connectivity index (χ4n) is 4.51. The van der Waals surface area contributed by atoms with Crippen LogP contribution in [0.15, 0.2) is 79.1 Å². The minimum atomic E-state index is -2.25. The summed E-state index contributed by atoms with van der Waals surface area (Å²) in [6, 6.07) is 27.6. The molecule has 1 radical (unpaired) electrons. The van der Waals surface area contributed by atoms with Gasteiger partial charge in [-0.15, -0.1) is 23.8 Å². The second-order valence-corrected chi connectivity index (χ2v) is 23.7. The van der Waals surface area contributed by atoms with Gasteiger partial charge in [-0.2, -0.15) is 11.3 Å². The van der Waals surface area contributed by atoms with Crippen LogP contribution in [0.4, 0.5) is 4.39 Å². The Hall–Kier alpha value is -2.77. The molecular weight excluding hydrogens is 778 g/mol. The van der Waals surface area contributed by atoms with Crippen molar-refractivity contribution in [2.45, 2.75) is 50.3 Å². The maximum atomic E-state index is 14.3. The Labute approximate surface area is 272 Å². The van der Waals surface area contributed by atoms with E-state index in [0.29, 0.717) is 16.1 Å². The molecule has 7 heteroatoms. The summed E-state index contributed by atoms with van der Waals surface area (Å²) >= 11 is -0.311. The van der Waals surface area contributed by atoms with E-state index in [2.05, 4.69) is 56.5 Å². The van der Waals surface area contributed by atoms with Gasteiger partial charge in [0, 0.05) is 29.9 Å². The van der Waals surface area contributed by atoms with Crippen LogP contribution in [-0.2, 0) is 25.5 Å². The molecule has 4 heterocycles. The van der Waals surface area contributed by atoms with E-state index in [1.807, 2.05) is 63.4 Å². The van der Waals surface area contributed by atoms with Crippen molar-refractivity contribution in [2.75, 3.05) is 0 Å². The zero-order valence-electron chi connectivity index (χ0n) is 27.5. The van der Waals surface area contributed by atoms with Crippen LogP contribution in [0.25, 0.3) is 42.8 Å². The monoisotopic (exact) mass is 817 g/mol. The second kappa shape index (κ2) is 12.8. The molecule has 6 rings (SSSR count). The summed E-state index contributed by atoms with van der Waals surface area (Å²) in [4.78, 5) is 13.8. The molecule has 0 aliphatic heterocycles. The summed E-state index contributed by atoms with van der Waals surface area (Å²) in [6.07, 6.45) is 3.29. The molecule has 0 N–H and O–H groups in total. The Bertz CT molecular complexity index is 1930. The van der Waals surface area contributed by atoms with Crippen LogP contribution in [-0.4, -0.2) is 28.2 Å². The van der Waals surface area contributed by atoms with Gasteiger partial charge in [-0.3, -0.25) is 0 Å². The van der Waals surface area contributed by atoms with Gasteiger partial charge in [-0.25, -0.2) is 9.37 Å². The van der Waals surface area contributed by atoms with E-state index in [9.17, 15) is 4.39 Å². The van der Waals surface area contributed by atoms with Gasteiger partial charge in [-0.05, 0) is 39.7 Å². The number of benzene rings is 2. The Balaban J connectivity index is 0.000000231. The molecule has 0 amide bonds. The Morgan fingerprint density at radius 1 is 0.881 bits per heavy atom. The first-order valence-electron chi connectivity index (χ1n) is 15.0. The largest absolute Gasteiger partial charge is 0 e. The van der Waals surface area contributed by atoms with Crippen molar-refractivity contribution >= 4 is 49.3 Å². The summed E-state index contributed by atoms with van der Waals surface area (Å²) in [7, 11) is 0. The fourth-order valence-corrected chi connectivity index (χ4v) is 7.86. The molecule has 0 bridgehead atoms. The van der Waals surface area contributed by atoms with E-state index in [-0.39, 0.29) is 37.0 Å². The quantitative estimate of drug-likeness (QED) is 0.132. The van der Waals surface area contributed by atoms with Gasteiger partial charge in [0.1, 0.15) is 10.6 Å². The molecule has 0 aliphatic rings. The van der Waals surface area contributed by atoms with Crippen molar-refractivity contribution in [3.05, 3.63) is 108 Å². The average Bonchev–Trinajstić information content (AvgIpc) is 3.35. The standard InChI is InChI=1S/C21H18FN2S.C14H16GeN.Ir/c1-12-8-9-14-13-6-5-7-15(19(13)25-20(14)24-12)18-10-16(21(2,3)4)17(22)11-23-18;1-15(2,3)13-9-10-14(16-11-13)12-7-5-4-6-8-12;/h5-6,8-11H,1-4H3;4-7,9-11H,1-3H3;/q2*-1;/i1D3;;. The number of pyridine rings is 3. The van der Waals surface area contributed by atoms with Crippen LogP contribution in [0.5, 0.6) is 0 Å². The van der Waals surface area contributed by atoms with Crippen molar-refractivity contribution in [1.29, 1.82) is 0 Å². The van der Waals surface area contributed by atoms with Crippen LogP contribution in [0, 0.1) is 24.8 Å². The third kappa shape index (κ3) is 7.06. The molecule has 6 aromatic rings. The third-order valence-corrected chi connectivity index (χ3v) is 12.2. The molecule has 2 aromatic carbocycles. The first-order valence-corrected chi connectivity index (χ1v) is 21.6. The van der Waals surface area contributed by atoms with Gasteiger partial charge >= 0.3 is 99.8 Å². The van der Waals surface area contributed by atoms with Crippen molar-refractivity contribution < 1.29 is 28.6 Å². The van der Waals surface area contributed by atoms with Gasteiger partial charge in [0.15, 0.2) is 0 Å². The topological polar surface area (TPSA) is 38.7 Å². The van der Waals surface area contributed by atoms with Gasteiger partial charge in [0.05, 0.1) is 6.20 Å². The predicted molar refractivity (Wildman–Crippen MR) is 174 cm³/mol. The summed E-state index contributed by atoms with van der Waals surface area (Å²) in [6.45, 7) is 3.62. The van der Waals surface area contributed by atoms with Gasteiger partial charge in [0.25, 0.3) is 0 Å². The number of hydrogen-bond acceptors (Lipinski definition) is 4. The van der Waals surface area contributed by atoms with Gasteiger partial charge in [-0.1, -0.05) is 38.3 Å². The smallest absolute Gasteiger partial charge is 0 e. The number of aryl methyl sites for hydroxylation is 1. The molecule has 0 fully saturated rings. The minimum Gasteiger partial charge on any atom is 0 e. The van der Waals surface area contributed by atoms with Crippen LogP contribution >= 0.6 is 11.3 Å². The van der Waals surface area contributed by atoms with Gasteiger partial charge in [0.2, 0.25) is 0 Å². The summed E-state index contributed by atoms with van der Waals surface area (Å²) in [5.41, 5.74) is 3.79. The zero-order chi connectivity index (χ0) is 31.9. The van der Waals surface area contributed by atoms with Crippen LogP contribution < -0.4 is 4.40 Å². The average molecular weight is 816 g/mol. The number of hydrogen-bond donors (Lipinski definition) is 0. The third-order valence-electron chi connectivity index (χ3n) is 6.83. The molecule has 217 valence electrons. The first-order chi connectivity index (χ1) is 20.6. The molecule has 3 nitrogen and oxygen atoms in total. The number of rotatable bonds is 3. The van der Waals surface area contributed by atoms with Crippen molar-refractivity contribution in [1.82, 2.24) is 15.0 Å². The van der Waals surface area contributed by atoms with E-state index < -0.39 is 20.1 Å². The maximum absolute atomic E-state index is 14.3. The number of halogens is 1. The van der Waals surface area contributed by atoms with E-state index in [0.717, 1.165) is 32.3 Å². The Kier molecular flexibility index (Phi) is 8.57. The van der Waals surface area contributed by atoms with E-state index >= 15 is 0 Å².